The Morgan fingerprint density at radius 1 is 0.455 bits per heavy atom. The van der Waals surface area contributed by atoms with Crippen LogP contribution >= 0.6 is 24.1 Å². The molecule has 2 N–H and O–H groups in total. The number of carbonyl (C=O) groups is 2. The Bertz CT molecular complexity index is 3260. The molecular formula is C32H16N2Na6O20S6. The second-order valence-electron chi connectivity index (χ2n) is 11.9. The van der Waals surface area contributed by atoms with Crippen LogP contribution in [0.4, 0.5) is 11.4 Å². The largest absolute Gasteiger partial charge is 1.00 e. The summed E-state index contributed by atoms with van der Waals surface area (Å²) in [6.45, 7) is 0. The van der Waals surface area contributed by atoms with Gasteiger partial charge in [-0.25, -0.2) is 33.7 Å². The first kappa shape index (κ1) is 67.1. The molecule has 66 heavy (non-hydrogen) atoms. The molecule has 6 aromatic carbocycles. The third-order valence-electron chi connectivity index (χ3n) is 8.23. The maximum absolute atomic E-state index is 13.6. The van der Waals surface area contributed by atoms with Gasteiger partial charge in [-0.05, 0) is 94.3 Å². The summed E-state index contributed by atoms with van der Waals surface area (Å²) in [6.07, 6.45) is 0. The van der Waals surface area contributed by atoms with Crippen LogP contribution in [-0.4, -0.2) is 63.7 Å². The van der Waals surface area contributed by atoms with E-state index < -0.39 is 88.6 Å². The normalized spacial score (nSPS) is 11.4. The molecule has 0 aliphatic carbocycles. The molecule has 0 fully saturated rings. The SMILES string of the molecule is O=C(Nc1cc(S(=O)(=O)[O-])cc2cc(S(=O)(=O)[O-])cc(SOO[O-])c12)c1ccc2ccc(C(=O)Nc3cc(S(=O)(=O)[O-])cc4cc(SOO[O-])cc(S(=O)(=O)[O-])c34)cc2c1.[Na+].[Na+].[Na+].[Na+].[Na+].[Na+]. The van der Waals surface area contributed by atoms with Gasteiger partial charge in [0.25, 0.3) is 11.8 Å². The van der Waals surface area contributed by atoms with Crippen LogP contribution in [-0.2, 0) is 59.2 Å². The number of hydrogen-bond donors (Lipinski definition) is 2. The van der Waals surface area contributed by atoms with Gasteiger partial charge in [0.15, 0.2) is 0 Å². The van der Waals surface area contributed by atoms with E-state index >= 15 is 0 Å². The van der Waals surface area contributed by atoms with Crippen LogP contribution < -0.4 is 198 Å². The number of nitrogens with one attached hydrogen (secondary N) is 2. The summed E-state index contributed by atoms with van der Waals surface area (Å²) < 4.78 is 153. The minimum absolute atomic E-state index is 0. The molecule has 0 radical (unpaired) electrons. The fourth-order valence-electron chi connectivity index (χ4n) is 5.81. The van der Waals surface area contributed by atoms with Gasteiger partial charge in [-0.2, -0.15) is 8.67 Å². The summed E-state index contributed by atoms with van der Waals surface area (Å²) in [5, 5.41) is 31.2. The summed E-state index contributed by atoms with van der Waals surface area (Å²) in [4.78, 5) is 22.8. The second-order valence-corrected chi connectivity index (χ2v) is 18.9. The van der Waals surface area contributed by atoms with Gasteiger partial charge in [-0.15, -0.1) is 0 Å². The van der Waals surface area contributed by atoms with Gasteiger partial charge < -0.3 is 39.4 Å². The van der Waals surface area contributed by atoms with Crippen LogP contribution in [0.15, 0.2) is 114 Å². The molecule has 0 unspecified atom stereocenters. The Balaban J connectivity index is 0.00000704. The third kappa shape index (κ3) is 16.6. The summed E-state index contributed by atoms with van der Waals surface area (Å²) in [5.41, 5.74) is -1.46. The first-order valence-electron chi connectivity index (χ1n) is 15.5. The Morgan fingerprint density at radius 3 is 1.29 bits per heavy atom. The topological polar surface area (TPSA) is 370 Å². The predicted octanol–water partition coefficient (Wildman–Crippen LogP) is -16.2. The number of anilines is 2. The Labute approximate surface area is 515 Å². The van der Waals surface area contributed by atoms with Gasteiger partial charge in [0.2, 0.25) is 0 Å². The zero-order valence-electron chi connectivity index (χ0n) is 34.7. The molecule has 6 rings (SSSR count). The average molecular weight is 1080 g/mol. The molecule has 34 heteroatoms. The molecule has 0 spiro atoms. The summed E-state index contributed by atoms with van der Waals surface area (Å²) in [6, 6.07) is 13.8. The Kier molecular flexibility index (Phi) is 27.9. The number of hydrogen-bond acceptors (Lipinski definition) is 22. The maximum atomic E-state index is 13.6. The van der Waals surface area contributed by atoms with Crippen molar-refractivity contribution in [2.75, 3.05) is 10.6 Å². The average Bonchev–Trinajstić information content (AvgIpc) is 3.16. The molecule has 0 atom stereocenters. The second kappa shape index (κ2) is 27.4. The van der Waals surface area contributed by atoms with Crippen molar-refractivity contribution in [2.24, 2.45) is 0 Å². The molecule has 6 aromatic rings. The zero-order chi connectivity index (χ0) is 43.9. The minimum Gasteiger partial charge on any atom is -0.744 e. The summed E-state index contributed by atoms with van der Waals surface area (Å²) in [5.74, 6) is -2.05. The van der Waals surface area contributed by atoms with Crippen molar-refractivity contribution < 1.29 is 268 Å². The quantitative estimate of drug-likeness (QED) is 0.0336. The smallest absolute Gasteiger partial charge is 0.744 e. The van der Waals surface area contributed by atoms with Crippen LogP contribution in [0.3, 0.4) is 0 Å². The van der Waals surface area contributed by atoms with Crippen molar-refractivity contribution in [1.29, 1.82) is 0 Å². The van der Waals surface area contributed by atoms with Gasteiger partial charge in [0.1, 0.15) is 40.5 Å². The molecule has 316 valence electrons. The van der Waals surface area contributed by atoms with E-state index in [0.29, 0.717) is 35.7 Å². The van der Waals surface area contributed by atoms with E-state index in [4.69, 9.17) is 0 Å². The first-order chi connectivity index (χ1) is 28.0. The van der Waals surface area contributed by atoms with E-state index in [1.165, 1.54) is 36.4 Å². The van der Waals surface area contributed by atoms with E-state index in [2.05, 4.69) is 29.4 Å². The van der Waals surface area contributed by atoms with Crippen molar-refractivity contribution >= 4 is 120 Å². The van der Waals surface area contributed by atoms with E-state index in [0.717, 1.165) is 18.2 Å². The van der Waals surface area contributed by atoms with Gasteiger partial charge in [0.05, 0.1) is 55.0 Å². The standard InChI is InChI=1S/C32H22N2O20S6.6Na/c35-31(33-25-12-23(58(42,43)44)9-20-10-24(59(45,46)47)14-27(29(20)25)56-54-52-38)16-3-1-15-2-4-17(6-18(15)5-16)32(36)34-26-13-22(57(39,40)41)8-19-7-21(55-53-51-37)11-28(30(19)26)60(48,49)50;;;;;;/h1-14,37-38H,(H,33,35)(H,34,36)(H,39,40,41)(H,42,43,44)(H,45,46,47)(H,48,49,50);;;;;;/q;6*+1/p-6. The zero-order valence-corrected chi connectivity index (χ0v) is 51.6. The maximum Gasteiger partial charge on any atom is 1.00 e. The molecule has 22 nitrogen and oxygen atoms in total. The van der Waals surface area contributed by atoms with E-state index in [-0.39, 0.29) is 244 Å². The molecule has 0 saturated heterocycles. The van der Waals surface area contributed by atoms with Gasteiger partial charge >= 0.3 is 177 Å². The van der Waals surface area contributed by atoms with Crippen LogP contribution in [0.1, 0.15) is 20.7 Å². The number of amides is 2. The predicted molar refractivity (Wildman–Crippen MR) is 196 cm³/mol. The summed E-state index contributed by atoms with van der Waals surface area (Å²) in [7, 11) is -21.2. The van der Waals surface area contributed by atoms with E-state index in [1.54, 1.807) is 0 Å². The monoisotopic (exact) mass is 1080 g/mol. The van der Waals surface area contributed by atoms with Gasteiger partial charge in [-0.1, -0.05) is 12.1 Å². The first-order valence-corrected chi connectivity index (χ1v) is 22.6. The van der Waals surface area contributed by atoms with Crippen molar-refractivity contribution in [2.45, 2.75) is 29.4 Å². The number of benzene rings is 6. The molecule has 0 heterocycles. The van der Waals surface area contributed by atoms with Gasteiger partial charge in [0, 0.05) is 31.7 Å². The number of rotatable bonds is 14. The van der Waals surface area contributed by atoms with Crippen molar-refractivity contribution in [1.82, 2.24) is 0 Å². The minimum atomic E-state index is -5.41. The molecule has 0 bridgehead atoms. The van der Waals surface area contributed by atoms with E-state index in [9.17, 15) is 72.0 Å². The van der Waals surface area contributed by atoms with Crippen LogP contribution in [0.5, 0.6) is 0 Å². The fraction of sp³-hybridized carbons (Fsp3) is 0. The molecular weight excluding hydrogens is 1060 g/mol. The van der Waals surface area contributed by atoms with Crippen molar-refractivity contribution in [3.63, 3.8) is 0 Å². The Morgan fingerprint density at radius 2 is 0.864 bits per heavy atom. The Hall–Kier alpha value is 1.14. The molecule has 0 aromatic heterocycles. The molecule has 0 aliphatic heterocycles. The third-order valence-corrected chi connectivity index (χ3v) is 12.7. The number of carbonyl (C=O) groups excluding carboxylic acids is 2. The summed E-state index contributed by atoms with van der Waals surface area (Å²) >= 11 is 0.216. The molecule has 0 aliphatic rings. The van der Waals surface area contributed by atoms with Gasteiger partial charge in [-0.3, -0.25) is 19.7 Å². The van der Waals surface area contributed by atoms with Crippen LogP contribution in [0.2, 0.25) is 0 Å². The fourth-order valence-corrected chi connectivity index (χ4v) is 9.34. The van der Waals surface area contributed by atoms with Crippen molar-refractivity contribution in [3.8, 4) is 0 Å². The van der Waals surface area contributed by atoms with E-state index in [1.807, 2.05) is 0 Å². The number of fused-ring (bicyclic) bond motifs is 3. The van der Waals surface area contributed by atoms with Crippen LogP contribution in [0, 0.1) is 0 Å². The van der Waals surface area contributed by atoms with Crippen molar-refractivity contribution in [3.05, 3.63) is 96.1 Å². The molecule has 0 saturated carbocycles. The van der Waals surface area contributed by atoms with Crippen LogP contribution in [0.25, 0.3) is 32.3 Å². The molecule has 2 amide bonds.